The van der Waals surface area contributed by atoms with Crippen LogP contribution in [0.2, 0.25) is 0 Å². The Morgan fingerprint density at radius 2 is 1.42 bits per heavy atom. The summed E-state index contributed by atoms with van der Waals surface area (Å²) in [6.45, 7) is 32.0. The first-order chi connectivity index (χ1) is 8.46. The minimum Gasteiger partial charge on any atom is -0.244 e. The molecule has 102 valence electrons. The molecule has 0 saturated heterocycles. The van der Waals surface area contributed by atoms with Gasteiger partial charge < -0.3 is 0 Å². The van der Waals surface area contributed by atoms with Crippen LogP contribution in [0.3, 0.4) is 0 Å². The number of rotatable bonds is 0. The largest absolute Gasteiger partial charge is 0.244 e. The fraction of sp³-hybridized carbons (Fsp3) is 0.647. The van der Waals surface area contributed by atoms with E-state index in [0.29, 0.717) is 11.4 Å². The van der Waals surface area contributed by atoms with E-state index in [0.717, 1.165) is 11.1 Å². The van der Waals surface area contributed by atoms with Gasteiger partial charge in [0.1, 0.15) is 0 Å². The maximum atomic E-state index is 7.54. The highest BCUT2D eigenvalue weighted by Crippen LogP contribution is 2.64. The summed E-state index contributed by atoms with van der Waals surface area (Å²) in [6, 6.07) is 0. The topological polar surface area (TPSA) is 8.72 Å². The van der Waals surface area contributed by atoms with Crippen molar-refractivity contribution in [3.63, 3.8) is 0 Å². The fourth-order valence-electron chi connectivity index (χ4n) is 3.16. The first-order valence-corrected chi connectivity index (χ1v) is 6.64. The van der Waals surface area contributed by atoms with E-state index in [2.05, 4.69) is 51.2 Å². The second kappa shape index (κ2) is 4.24. The molecule has 0 fully saturated rings. The SMILES string of the molecule is [C-]#[N+]C1=C(C)C(C)(C)C(C)(C)C(C)(C)/C1=C(\C)[N+]#[C-]. The van der Waals surface area contributed by atoms with E-state index in [-0.39, 0.29) is 16.2 Å². The Bertz CT molecular complexity index is 555. The van der Waals surface area contributed by atoms with Gasteiger partial charge in [-0.3, -0.25) is 0 Å². The van der Waals surface area contributed by atoms with Crippen LogP contribution >= 0.6 is 0 Å². The molecule has 0 amide bonds. The highest BCUT2D eigenvalue weighted by Gasteiger charge is 2.55. The van der Waals surface area contributed by atoms with Gasteiger partial charge in [0.15, 0.2) is 11.4 Å². The molecule has 0 aliphatic heterocycles. The zero-order valence-corrected chi connectivity index (χ0v) is 13.4. The molecule has 0 aromatic heterocycles. The summed E-state index contributed by atoms with van der Waals surface area (Å²) in [4.78, 5) is 7.37. The van der Waals surface area contributed by atoms with Gasteiger partial charge in [-0.15, -0.1) is 0 Å². The van der Waals surface area contributed by atoms with Gasteiger partial charge in [0, 0.05) is 0 Å². The molecule has 1 aliphatic carbocycles. The lowest BCUT2D eigenvalue weighted by Crippen LogP contribution is -2.50. The normalized spacial score (nSPS) is 26.4. The third kappa shape index (κ3) is 1.74. The monoisotopic (exact) mass is 256 g/mol. The molecule has 19 heavy (non-hydrogen) atoms. The smallest absolute Gasteiger partial charge is 0.180 e. The molecule has 0 aromatic rings. The van der Waals surface area contributed by atoms with Crippen molar-refractivity contribution in [3.8, 4) is 0 Å². The van der Waals surface area contributed by atoms with Crippen molar-refractivity contribution in [2.24, 2.45) is 16.2 Å². The second-order valence-electron chi connectivity index (χ2n) is 7.03. The van der Waals surface area contributed by atoms with Crippen LogP contribution < -0.4 is 0 Å². The Balaban J connectivity index is 3.93. The molecule has 1 rings (SSSR count). The van der Waals surface area contributed by atoms with E-state index < -0.39 is 0 Å². The molecule has 0 saturated carbocycles. The third-order valence-electron chi connectivity index (χ3n) is 5.92. The van der Waals surface area contributed by atoms with Gasteiger partial charge in [0.05, 0.1) is 13.1 Å². The molecule has 0 N–H and O–H groups in total. The molecule has 0 radical (unpaired) electrons. The van der Waals surface area contributed by atoms with Crippen molar-refractivity contribution in [2.75, 3.05) is 0 Å². The Hall–Kier alpha value is -1.54. The van der Waals surface area contributed by atoms with Crippen LogP contribution in [0.4, 0.5) is 0 Å². The highest BCUT2D eigenvalue weighted by atomic mass is 14.8. The number of allylic oxidation sites excluding steroid dienone is 3. The molecule has 2 heteroatoms. The summed E-state index contributed by atoms with van der Waals surface area (Å²) in [6.07, 6.45) is 0. The van der Waals surface area contributed by atoms with E-state index in [4.69, 9.17) is 13.1 Å². The third-order valence-corrected chi connectivity index (χ3v) is 5.92. The van der Waals surface area contributed by atoms with Crippen LogP contribution in [0.25, 0.3) is 9.69 Å². The Morgan fingerprint density at radius 1 is 0.947 bits per heavy atom. The molecular formula is C17H24N2. The van der Waals surface area contributed by atoms with Crippen LogP contribution in [0.15, 0.2) is 22.5 Å². The lowest BCUT2D eigenvalue weighted by molar-refractivity contribution is 0.0211. The first-order valence-electron chi connectivity index (χ1n) is 6.64. The van der Waals surface area contributed by atoms with Gasteiger partial charge in [-0.1, -0.05) is 54.0 Å². The van der Waals surface area contributed by atoms with Gasteiger partial charge in [-0.05, 0) is 28.7 Å². The lowest BCUT2D eigenvalue weighted by atomic mass is 9.47. The Morgan fingerprint density at radius 3 is 1.79 bits per heavy atom. The lowest BCUT2D eigenvalue weighted by Gasteiger charge is -2.58. The maximum absolute atomic E-state index is 7.54. The van der Waals surface area contributed by atoms with E-state index in [1.54, 1.807) is 0 Å². The maximum Gasteiger partial charge on any atom is 0.180 e. The van der Waals surface area contributed by atoms with Crippen molar-refractivity contribution < 1.29 is 0 Å². The van der Waals surface area contributed by atoms with Gasteiger partial charge in [-0.2, -0.15) is 0 Å². The predicted molar refractivity (Wildman–Crippen MR) is 79.9 cm³/mol. The van der Waals surface area contributed by atoms with E-state index in [9.17, 15) is 0 Å². The molecular weight excluding hydrogens is 232 g/mol. The van der Waals surface area contributed by atoms with Crippen LogP contribution in [0, 0.1) is 29.4 Å². The van der Waals surface area contributed by atoms with Crippen molar-refractivity contribution in [2.45, 2.75) is 55.4 Å². The van der Waals surface area contributed by atoms with Gasteiger partial charge in [0.2, 0.25) is 0 Å². The summed E-state index contributed by atoms with van der Waals surface area (Å²) < 4.78 is 0. The van der Waals surface area contributed by atoms with E-state index >= 15 is 0 Å². The molecule has 0 aromatic carbocycles. The Labute approximate surface area is 117 Å². The van der Waals surface area contributed by atoms with Crippen molar-refractivity contribution in [1.82, 2.24) is 0 Å². The van der Waals surface area contributed by atoms with Gasteiger partial charge in [-0.25, -0.2) is 9.69 Å². The summed E-state index contributed by atoms with van der Waals surface area (Å²) in [5.41, 5.74) is 3.08. The zero-order valence-electron chi connectivity index (χ0n) is 13.4. The zero-order chi connectivity index (χ0) is 15.2. The van der Waals surface area contributed by atoms with Crippen molar-refractivity contribution in [1.29, 1.82) is 0 Å². The standard InChI is InChI=1S/C17H24N2/c1-11-14(19-10)13(12(2)18-9)16(5,6)17(7,8)15(11,3)4/h1-8H3/b13-12+. The summed E-state index contributed by atoms with van der Waals surface area (Å²) in [7, 11) is 0. The van der Waals surface area contributed by atoms with E-state index in [1.807, 2.05) is 13.8 Å². The quantitative estimate of drug-likeness (QED) is 0.508. The summed E-state index contributed by atoms with van der Waals surface area (Å²) in [5.74, 6) is 0. The molecule has 0 spiro atoms. The molecule has 2 nitrogen and oxygen atoms in total. The predicted octanol–water partition coefficient (Wildman–Crippen LogP) is 5.47. The van der Waals surface area contributed by atoms with E-state index in [1.165, 1.54) is 0 Å². The average Bonchev–Trinajstić information content (AvgIpc) is 2.31. The minimum absolute atomic E-state index is 0.0282. The first kappa shape index (κ1) is 15.5. The molecule has 1 aliphatic rings. The second-order valence-corrected chi connectivity index (χ2v) is 7.03. The van der Waals surface area contributed by atoms with Gasteiger partial charge in [0.25, 0.3) is 0 Å². The van der Waals surface area contributed by atoms with Gasteiger partial charge >= 0.3 is 0 Å². The average molecular weight is 256 g/mol. The number of nitrogens with zero attached hydrogens (tertiary/aromatic N) is 2. The number of hydrogen-bond acceptors (Lipinski definition) is 0. The minimum atomic E-state index is -0.204. The van der Waals surface area contributed by atoms with Crippen LogP contribution in [0.1, 0.15) is 55.4 Å². The molecule has 0 unspecified atom stereocenters. The molecule has 0 atom stereocenters. The van der Waals surface area contributed by atoms with Crippen molar-refractivity contribution in [3.05, 3.63) is 45.4 Å². The van der Waals surface area contributed by atoms with Crippen LogP contribution in [-0.4, -0.2) is 0 Å². The molecule has 0 heterocycles. The summed E-state index contributed by atoms with van der Waals surface area (Å²) >= 11 is 0. The Kier molecular flexibility index (Phi) is 3.46. The van der Waals surface area contributed by atoms with Crippen molar-refractivity contribution >= 4 is 0 Å². The van der Waals surface area contributed by atoms with Crippen LogP contribution in [0.5, 0.6) is 0 Å². The fourth-order valence-corrected chi connectivity index (χ4v) is 3.16. The summed E-state index contributed by atoms with van der Waals surface area (Å²) in [5, 5.41) is 0. The molecule has 0 bridgehead atoms. The highest BCUT2D eigenvalue weighted by molar-refractivity contribution is 5.53. The number of hydrogen-bond donors (Lipinski definition) is 0. The van der Waals surface area contributed by atoms with Crippen LogP contribution in [-0.2, 0) is 0 Å².